The Morgan fingerprint density at radius 1 is 0.613 bits per heavy atom. The van der Waals surface area contributed by atoms with Crippen LogP contribution in [0, 0.1) is 0 Å². The molecule has 0 unspecified atom stereocenters. The lowest BCUT2D eigenvalue weighted by Crippen LogP contribution is -2.03. The van der Waals surface area contributed by atoms with E-state index in [0.717, 1.165) is 12.8 Å². The van der Waals surface area contributed by atoms with Gasteiger partial charge in [-0.3, -0.25) is 0 Å². The van der Waals surface area contributed by atoms with Crippen molar-refractivity contribution in [1.82, 2.24) is 0 Å². The lowest BCUT2D eigenvalue weighted by Gasteiger charge is -2.00. The summed E-state index contributed by atoms with van der Waals surface area (Å²) in [6, 6.07) is 9.94. The molecule has 31 heavy (non-hydrogen) atoms. The van der Waals surface area contributed by atoms with Gasteiger partial charge in [0, 0.05) is 0 Å². The standard InChI is InChI=1S/C13H15F3.3BF4/c14-13(15,16)11-7-2-1-4-8-12-9-5-3-6-10-12;3*2-1(3,4)5/h2-3,5-7,9-10H,1,4,8,11H2;;;/q;3*-1. The molecule has 184 valence electrons. The average molecular weight is 489 g/mol. The normalized spacial score (nSPS) is 12.1. The number of halogens is 15. The first-order valence-electron chi connectivity index (χ1n) is 7.95. The minimum atomic E-state index is -6.00. The van der Waals surface area contributed by atoms with E-state index in [2.05, 4.69) is 0 Å². The van der Waals surface area contributed by atoms with E-state index >= 15 is 0 Å². The quantitative estimate of drug-likeness (QED) is 0.169. The molecule has 0 aliphatic heterocycles. The number of allylic oxidation sites excluding steroid dienone is 2. The number of benzene rings is 1. The van der Waals surface area contributed by atoms with Gasteiger partial charge >= 0.3 is 27.9 Å². The fourth-order valence-corrected chi connectivity index (χ4v) is 1.40. The van der Waals surface area contributed by atoms with E-state index in [-0.39, 0.29) is 0 Å². The SMILES string of the molecule is FC(F)(F)CC=CCCCc1ccccc1.F[B-](F)(F)F.F[B-](F)(F)F.F[B-](F)(F)F. The van der Waals surface area contributed by atoms with Gasteiger partial charge in [-0.2, -0.15) is 13.2 Å². The molecular formula is C13H15B3F15-3. The van der Waals surface area contributed by atoms with Gasteiger partial charge in [0.25, 0.3) is 0 Å². The van der Waals surface area contributed by atoms with E-state index in [4.69, 9.17) is 0 Å². The Labute approximate surface area is 167 Å². The van der Waals surface area contributed by atoms with Gasteiger partial charge in [0.2, 0.25) is 0 Å². The molecule has 0 spiro atoms. The Morgan fingerprint density at radius 2 is 0.968 bits per heavy atom. The molecule has 1 aromatic rings. The molecule has 1 rings (SSSR count). The van der Waals surface area contributed by atoms with Crippen molar-refractivity contribution in [3.8, 4) is 0 Å². The predicted octanol–water partition coefficient (Wildman–Crippen LogP) is 8.42. The van der Waals surface area contributed by atoms with Crippen LogP contribution in [0.1, 0.15) is 24.8 Å². The molecule has 0 saturated heterocycles. The molecule has 0 aliphatic carbocycles. The van der Waals surface area contributed by atoms with Gasteiger partial charge in [0.15, 0.2) is 0 Å². The molecule has 0 fully saturated rings. The highest BCUT2D eigenvalue weighted by Gasteiger charge is 2.24. The summed E-state index contributed by atoms with van der Waals surface area (Å²) in [5.74, 6) is 0. The molecular weight excluding hydrogens is 474 g/mol. The summed E-state index contributed by atoms with van der Waals surface area (Å²) in [4.78, 5) is 0. The van der Waals surface area contributed by atoms with Gasteiger partial charge < -0.3 is 51.8 Å². The molecule has 0 heterocycles. The zero-order chi connectivity index (χ0) is 25.4. The van der Waals surface area contributed by atoms with E-state index in [1.807, 2.05) is 30.3 Å². The molecule has 0 aromatic heterocycles. The van der Waals surface area contributed by atoms with E-state index in [1.54, 1.807) is 6.08 Å². The van der Waals surface area contributed by atoms with Crippen LogP contribution in [0.5, 0.6) is 0 Å². The van der Waals surface area contributed by atoms with Gasteiger partial charge in [-0.05, 0) is 24.8 Å². The molecule has 0 bridgehead atoms. The molecule has 0 amide bonds. The van der Waals surface area contributed by atoms with E-state index < -0.39 is 34.4 Å². The molecule has 0 saturated carbocycles. The van der Waals surface area contributed by atoms with Crippen LogP contribution in [0.2, 0.25) is 0 Å². The minimum absolute atomic E-state index is 0.699. The zero-order valence-electron chi connectivity index (χ0n) is 15.3. The Kier molecular flexibility index (Phi) is 17.2. The maximum atomic E-state index is 11.8. The third kappa shape index (κ3) is 73.8. The first-order valence-corrected chi connectivity index (χ1v) is 7.95. The van der Waals surface area contributed by atoms with Crippen molar-refractivity contribution in [3.63, 3.8) is 0 Å². The van der Waals surface area contributed by atoms with Crippen LogP contribution in [-0.2, 0) is 6.42 Å². The van der Waals surface area contributed by atoms with Crippen LogP contribution in [0.15, 0.2) is 42.5 Å². The van der Waals surface area contributed by atoms with Crippen molar-refractivity contribution >= 4 is 21.8 Å². The van der Waals surface area contributed by atoms with Gasteiger partial charge in [0.1, 0.15) is 0 Å². The van der Waals surface area contributed by atoms with Crippen LogP contribution in [-0.4, -0.2) is 27.9 Å². The van der Waals surface area contributed by atoms with E-state index in [1.165, 1.54) is 11.6 Å². The summed E-state index contributed by atoms with van der Waals surface area (Å²) in [5.41, 5.74) is 1.23. The van der Waals surface area contributed by atoms with E-state index in [0.29, 0.717) is 6.42 Å². The predicted molar refractivity (Wildman–Crippen MR) is 89.8 cm³/mol. The van der Waals surface area contributed by atoms with Gasteiger partial charge in [-0.1, -0.05) is 42.5 Å². The second-order valence-corrected chi connectivity index (χ2v) is 5.15. The van der Waals surface area contributed by atoms with Crippen molar-refractivity contribution in [1.29, 1.82) is 0 Å². The Bertz CT molecular complexity index is 514. The number of hydrogen-bond acceptors (Lipinski definition) is 0. The maximum Gasteiger partial charge on any atom is 0.673 e. The summed E-state index contributed by atoms with van der Waals surface area (Å²) in [6.45, 7) is 0. The van der Waals surface area contributed by atoms with Crippen LogP contribution in [0.3, 0.4) is 0 Å². The van der Waals surface area contributed by atoms with E-state index in [9.17, 15) is 65.0 Å². The maximum absolute atomic E-state index is 11.8. The number of alkyl halides is 3. The average Bonchev–Trinajstić information content (AvgIpc) is 2.46. The van der Waals surface area contributed by atoms with Crippen molar-refractivity contribution in [3.05, 3.63) is 48.0 Å². The molecule has 0 atom stereocenters. The fraction of sp³-hybridized carbons (Fsp3) is 0.385. The van der Waals surface area contributed by atoms with Crippen LogP contribution >= 0.6 is 0 Å². The van der Waals surface area contributed by atoms with Gasteiger partial charge in [0.05, 0.1) is 6.42 Å². The number of unbranched alkanes of at least 4 members (excludes halogenated alkanes) is 1. The number of aryl methyl sites for hydroxylation is 1. The highest BCUT2D eigenvalue weighted by Crippen LogP contribution is 2.20. The highest BCUT2D eigenvalue weighted by molar-refractivity contribution is 6.50. The molecule has 0 radical (unpaired) electrons. The third-order valence-corrected chi connectivity index (χ3v) is 2.20. The summed E-state index contributed by atoms with van der Waals surface area (Å²) in [6.07, 6.45) is 0.413. The summed E-state index contributed by atoms with van der Waals surface area (Å²) < 4.78 is 152. The van der Waals surface area contributed by atoms with Crippen LogP contribution in [0.25, 0.3) is 0 Å². The summed E-state index contributed by atoms with van der Waals surface area (Å²) in [5, 5.41) is 0. The number of hydrogen-bond donors (Lipinski definition) is 0. The van der Waals surface area contributed by atoms with Crippen LogP contribution < -0.4 is 0 Å². The Hall–Kier alpha value is -1.90. The van der Waals surface area contributed by atoms with Gasteiger partial charge in [-0.25, -0.2) is 0 Å². The lowest BCUT2D eigenvalue weighted by molar-refractivity contribution is -0.125. The summed E-state index contributed by atoms with van der Waals surface area (Å²) in [7, 11) is -18.0. The molecule has 0 N–H and O–H groups in total. The smallest absolute Gasteiger partial charge is 0.418 e. The highest BCUT2D eigenvalue weighted by atomic mass is 19.5. The van der Waals surface area contributed by atoms with Crippen molar-refractivity contribution < 1.29 is 65.0 Å². The third-order valence-electron chi connectivity index (χ3n) is 2.20. The van der Waals surface area contributed by atoms with Crippen molar-refractivity contribution in [2.45, 2.75) is 31.9 Å². The first kappa shape index (κ1) is 33.7. The second kappa shape index (κ2) is 15.8. The Morgan fingerprint density at radius 3 is 1.29 bits per heavy atom. The fourth-order valence-electron chi connectivity index (χ4n) is 1.40. The largest absolute Gasteiger partial charge is 0.673 e. The van der Waals surface area contributed by atoms with Gasteiger partial charge in [-0.15, -0.1) is 0 Å². The second-order valence-electron chi connectivity index (χ2n) is 5.15. The molecule has 0 aliphatic rings. The Balaban J connectivity index is -0.000000428. The first-order chi connectivity index (χ1) is 13.6. The minimum Gasteiger partial charge on any atom is -0.418 e. The van der Waals surface area contributed by atoms with Crippen molar-refractivity contribution in [2.75, 3.05) is 0 Å². The number of rotatable bonds is 5. The lowest BCUT2D eigenvalue weighted by atomic mass is 10.1. The van der Waals surface area contributed by atoms with Crippen LogP contribution in [0.4, 0.5) is 65.0 Å². The monoisotopic (exact) mass is 489 g/mol. The topological polar surface area (TPSA) is 0 Å². The van der Waals surface area contributed by atoms with Crippen molar-refractivity contribution in [2.24, 2.45) is 0 Å². The molecule has 18 heteroatoms. The molecule has 1 aromatic carbocycles. The molecule has 0 nitrogen and oxygen atoms in total. The zero-order valence-corrected chi connectivity index (χ0v) is 15.3. The summed E-state index contributed by atoms with van der Waals surface area (Å²) >= 11 is 0.